The quantitative estimate of drug-likeness (QED) is 0.357. The van der Waals surface area contributed by atoms with Gasteiger partial charge >= 0.3 is 5.97 Å². The third-order valence-electron chi connectivity index (χ3n) is 4.32. The zero-order valence-electron chi connectivity index (χ0n) is 16.9. The highest BCUT2D eigenvalue weighted by Crippen LogP contribution is 2.21. The summed E-state index contributed by atoms with van der Waals surface area (Å²) < 4.78 is 18.5. The van der Waals surface area contributed by atoms with E-state index < -0.39 is 11.8 Å². The van der Waals surface area contributed by atoms with Crippen molar-refractivity contribution in [2.24, 2.45) is 0 Å². The van der Waals surface area contributed by atoms with Crippen LogP contribution in [0.2, 0.25) is 10.0 Å². The molecule has 4 nitrogen and oxygen atoms in total. The van der Waals surface area contributed by atoms with Crippen LogP contribution >= 0.6 is 23.2 Å². The van der Waals surface area contributed by atoms with E-state index in [1.807, 2.05) is 38.1 Å². The third kappa shape index (κ3) is 6.65. The van der Waals surface area contributed by atoms with Crippen LogP contribution in [0.5, 0.6) is 0 Å². The molecule has 3 N–H and O–H groups in total. The Kier molecular flexibility index (Phi) is 8.51. The Hall–Kier alpha value is -2.76. The molecule has 0 spiro atoms. The van der Waals surface area contributed by atoms with E-state index in [2.05, 4.69) is 10.1 Å². The topological polar surface area (TPSA) is 64.3 Å². The molecule has 0 heterocycles. The largest absolute Gasteiger partial charge is 0.465 e. The van der Waals surface area contributed by atoms with Crippen molar-refractivity contribution in [3.8, 4) is 0 Å². The van der Waals surface area contributed by atoms with Crippen LogP contribution < -0.4 is 11.1 Å². The van der Waals surface area contributed by atoms with Gasteiger partial charge in [0.1, 0.15) is 5.82 Å². The molecule has 0 unspecified atom stereocenters. The number of nitrogens with one attached hydrogen (secondary N) is 1. The van der Waals surface area contributed by atoms with Crippen LogP contribution in [-0.4, -0.2) is 13.1 Å². The molecule has 3 aromatic rings. The predicted molar refractivity (Wildman–Crippen MR) is 122 cm³/mol. The van der Waals surface area contributed by atoms with Crippen LogP contribution in [-0.2, 0) is 11.3 Å². The highest BCUT2D eigenvalue weighted by atomic mass is 35.5. The van der Waals surface area contributed by atoms with Crippen LogP contribution in [0.15, 0.2) is 54.6 Å². The minimum atomic E-state index is -0.557. The Balaban J connectivity index is 0.000000297. The van der Waals surface area contributed by atoms with Crippen LogP contribution in [0.4, 0.5) is 15.8 Å². The number of hydrogen-bond donors (Lipinski definition) is 2. The molecule has 0 aromatic heterocycles. The normalized spacial score (nSPS) is 10.1. The number of hydrogen-bond acceptors (Lipinski definition) is 4. The molecular formula is C23H23Cl2FN2O2. The van der Waals surface area contributed by atoms with Crippen molar-refractivity contribution < 1.29 is 13.9 Å². The molecule has 3 aromatic carbocycles. The molecule has 0 saturated heterocycles. The number of esters is 1. The third-order valence-corrected chi connectivity index (χ3v) is 5.14. The summed E-state index contributed by atoms with van der Waals surface area (Å²) in [7, 11) is 1.26. The van der Waals surface area contributed by atoms with Gasteiger partial charge in [-0.15, -0.1) is 0 Å². The molecule has 0 bridgehead atoms. The van der Waals surface area contributed by atoms with Gasteiger partial charge < -0.3 is 15.8 Å². The fourth-order valence-corrected chi connectivity index (χ4v) is 2.81. The molecule has 0 aliphatic carbocycles. The summed E-state index contributed by atoms with van der Waals surface area (Å²) in [5.74, 6) is -1.01. The van der Waals surface area contributed by atoms with Crippen molar-refractivity contribution in [2.45, 2.75) is 20.4 Å². The maximum absolute atomic E-state index is 13.9. The number of carbonyl (C=O) groups is 1. The lowest BCUT2D eigenvalue weighted by Gasteiger charge is -2.09. The Bertz CT molecular complexity index is 1040. The molecule has 0 aliphatic heterocycles. The van der Waals surface area contributed by atoms with E-state index >= 15 is 0 Å². The van der Waals surface area contributed by atoms with E-state index in [-0.39, 0.29) is 5.56 Å². The first-order valence-electron chi connectivity index (χ1n) is 9.09. The van der Waals surface area contributed by atoms with Gasteiger partial charge in [-0.25, -0.2) is 9.18 Å². The van der Waals surface area contributed by atoms with E-state index in [1.165, 1.54) is 19.2 Å². The summed E-state index contributed by atoms with van der Waals surface area (Å²) in [5, 5.41) is 4.48. The van der Waals surface area contributed by atoms with Crippen molar-refractivity contribution in [1.29, 1.82) is 0 Å². The second kappa shape index (κ2) is 10.9. The van der Waals surface area contributed by atoms with Gasteiger partial charge in [0.25, 0.3) is 0 Å². The fourth-order valence-electron chi connectivity index (χ4n) is 2.44. The SMILES string of the molecule is COC(=O)c1ccc(CNc2ccc(C)c(Cl)c2)c(F)c1.Cc1ccc(N)cc1Cl. The number of carbonyl (C=O) groups excluding carboxylic acids is 1. The molecule has 30 heavy (non-hydrogen) atoms. The van der Waals surface area contributed by atoms with Gasteiger partial charge in [0.15, 0.2) is 0 Å². The van der Waals surface area contributed by atoms with Gasteiger partial charge in [0, 0.05) is 33.5 Å². The summed E-state index contributed by atoms with van der Waals surface area (Å²) in [5.41, 5.74) is 9.66. The maximum Gasteiger partial charge on any atom is 0.337 e. The minimum absolute atomic E-state index is 0.192. The number of nitrogen functional groups attached to an aromatic ring is 1. The van der Waals surface area contributed by atoms with Gasteiger partial charge in [-0.05, 0) is 61.4 Å². The lowest BCUT2D eigenvalue weighted by Crippen LogP contribution is -2.05. The highest BCUT2D eigenvalue weighted by molar-refractivity contribution is 6.31. The van der Waals surface area contributed by atoms with E-state index in [9.17, 15) is 9.18 Å². The number of rotatable bonds is 4. The van der Waals surface area contributed by atoms with Crippen LogP contribution in [0.3, 0.4) is 0 Å². The predicted octanol–water partition coefficient (Wildman–Crippen LogP) is 6.42. The summed E-state index contributed by atoms with van der Waals surface area (Å²) in [6.45, 7) is 4.16. The van der Waals surface area contributed by atoms with Crippen molar-refractivity contribution in [3.63, 3.8) is 0 Å². The first-order valence-corrected chi connectivity index (χ1v) is 9.85. The number of halogens is 3. The van der Waals surface area contributed by atoms with E-state index in [0.29, 0.717) is 22.8 Å². The van der Waals surface area contributed by atoms with Crippen molar-refractivity contribution >= 4 is 40.5 Å². The first kappa shape index (κ1) is 23.5. The minimum Gasteiger partial charge on any atom is -0.465 e. The smallest absolute Gasteiger partial charge is 0.337 e. The summed E-state index contributed by atoms with van der Waals surface area (Å²) >= 11 is 11.8. The van der Waals surface area contributed by atoms with E-state index in [4.69, 9.17) is 28.9 Å². The summed E-state index contributed by atoms with van der Waals surface area (Å²) in [6.07, 6.45) is 0. The van der Waals surface area contributed by atoms with Crippen LogP contribution in [0.1, 0.15) is 27.0 Å². The lowest BCUT2D eigenvalue weighted by atomic mass is 10.1. The van der Waals surface area contributed by atoms with E-state index in [1.54, 1.807) is 18.2 Å². The second-order valence-electron chi connectivity index (χ2n) is 6.62. The molecule has 0 fully saturated rings. The standard InChI is InChI=1S/C16H15ClFNO2.C7H8ClN/c1-10-3-6-13(8-14(10)17)19-9-12-5-4-11(7-15(12)18)16(20)21-2;1-5-2-3-6(9)4-7(5)8/h3-8,19H,9H2,1-2H3;2-4H,9H2,1H3. The lowest BCUT2D eigenvalue weighted by molar-refractivity contribution is 0.0600. The molecule has 158 valence electrons. The van der Waals surface area contributed by atoms with Crippen molar-refractivity contribution in [1.82, 2.24) is 0 Å². The van der Waals surface area contributed by atoms with E-state index in [0.717, 1.165) is 21.8 Å². The number of ether oxygens (including phenoxy) is 1. The van der Waals surface area contributed by atoms with Crippen molar-refractivity contribution in [2.75, 3.05) is 18.2 Å². The monoisotopic (exact) mass is 448 g/mol. The van der Waals surface area contributed by atoms with Gasteiger partial charge in [0.05, 0.1) is 12.7 Å². The number of benzene rings is 3. The van der Waals surface area contributed by atoms with Gasteiger partial charge in [-0.1, -0.05) is 41.4 Å². The number of nitrogens with two attached hydrogens (primary N) is 1. The molecule has 0 amide bonds. The second-order valence-corrected chi connectivity index (χ2v) is 7.44. The molecule has 7 heteroatoms. The molecule has 0 atom stereocenters. The van der Waals surface area contributed by atoms with Crippen LogP contribution in [0.25, 0.3) is 0 Å². The maximum atomic E-state index is 13.9. The first-order chi connectivity index (χ1) is 14.2. The zero-order chi connectivity index (χ0) is 22.3. The summed E-state index contributed by atoms with van der Waals surface area (Å²) in [6, 6.07) is 15.3. The Morgan fingerprint density at radius 2 is 1.63 bits per heavy atom. The number of aryl methyl sites for hydroxylation is 2. The molecule has 0 aliphatic rings. The Morgan fingerprint density at radius 3 is 2.17 bits per heavy atom. The molecule has 0 saturated carbocycles. The highest BCUT2D eigenvalue weighted by Gasteiger charge is 2.09. The van der Waals surface area contributed by atoms with Crippen LogP contribution in [0, 0.1) is 19.7 Å². The fraction of sp³-hybridized carbons (Fsp3) is 0.174. The number of methoxy groups -OCH3 is 1. The van der Waals surface area contributed by atoms with Gasteiger partial charge in [-0.3, -0.25) is 0 Å². The van der Waals surface area contributed by atoms with Crippen molar-refractivity contribution in [3.05, 3.63) is 92.7 Å². The van der Waals surface area contributed by atoms with Gasteiger partial charge in [0.2, 0.25) is 0 Å². The Labute approximate surface area is 185 Å². The number of anilines is 2. The average Bonchev–Trinajstić information content (AvgIpc) is 2.72. The Morgan fingerprint density at radius 1 is 1.00 bits per heavy atom. The average molecular weight is 449 g/mol. The summed E-state index contributed by atoms with van der Waals surface area (Å²) in [4.78, 5) is 11.3. The van der Waals surface area contributed by atoms with Gasteiger partial charge in [-0.2, -0.15) is 0 Å². The molecule has 0 radical (unpaired) electrons. The molecular weight excluding hydrogens is 426 g/mol. The zero-order valence-corrected chi connectivity index (χ0v) is 18.4. The molecule has 3 rings (SSSR count).